The van der Waals surface area contributed by atoms with Crippen molar-refractivity contribution in [1.82, 2.24) is 29.6 Å². The van der Waals surface area contributed by atoms with Gasteiger partial charge in [0.1, 0.15) is 5.82 Å². The summed E-state index contributed by atoms with van der Waals surface area (Å²) in [4.78, 5) is 40.3. The van der Waals surface area contributed by atoms with E-state index < -0.39 is 11.5 Å². The van der Waals surface area contributed by atoms with Gasteiger partial charge in [-0.25, -0.2) is 9.18 Å². The quantitative estimate of drug-likeness (QED) is 0.229. The van der Waals surface area contributed by atoms with Gasteiger partial charge < -0.3 is 14.5 Å². The lowest BCUT2D eigenvalue weighted by Crippen LogP contribution is -2.60. The molecule has 0 saturated carbocycles. The summed E-state index contributed by atoms with van der Waals surface area (Å²) in [6, 6.07) is 5.12. The second-order valence-electron chi connectivity index (χ2n) is 12.7. The van der Waals surface area contributed by atoms with Crippen molar-refractivity contribution in [1.29, 1.82) is 0 Å². The first-order valence-electron chi connectivity index (χ1n) is 15.7. The Labute approximate surface area is 275 Å². The molecule has 1 amide bonds. The number of halogens is 2. The van der Waals surface area contributed by atoms with Crippen LogP contribution in [-0.2, 0) is 4.79 Å². The fraction of sp³-hybridized carbons (Fsp3) is 0.343. The molecular weight excluding hydrogens is 621 g/mol. The van der Waals surface area contributed by atoms with E-state index in [0.29, 0.717) is 52.7 Å². The van der Waals surface area contributed by atoms with E-state index >= 15 is 4.39 Å². The lowest BCUT2D eigenvalue weighted by atomic mass is 9.93. The number of amides is 1. The molecule has 2 aliphatic heterocycles. The Kier molecular flexibility index (Phi) is 7.54. The number of hydrogen-bond acceptors (Lipinski definition) is 7. The topological polar surface area (TPSA) is 109 Å². The predicted octanol–water partition coefficient (Wildman–Crippen LogP) is 6.23. The molecule has 242 valence electrons. The van der Waals surface area contributed by atoms with Crippen LogP contribution in [0, 0.1) is 19.7 Å². The molecule has 0 bridgehead atoms. The van der Waals surface area contributed by atoms with Gasteiger partial charge in [-0.15, -0.1) is 0 Å². The van der Waals surface area contributed by atoms with Crippen molar-refractivity contribution in [3.8, 4) is 22.6 Å². The summed E-state index contributed by atoms with van der Waals surface area (Å²) < 4.78 is 25.1. The number of benzene rings is 2. The molecule has 3 aromatic heterocycles. The maximum absolute atomic E-state index is 17.3. The first kappa shape index (κ1) is 30.9. The number of hydrogen-bond donors (Lipinski definition) is 1. The van der Waals surface area contributed by atoms with Gasteiger partial charge in [0.2, 0.25) is 5.91 Å². The molecule has 1 saturated heterocycles. The maximum atomic E-state index is 17.3. The van der Waals surface area contributed by atoms with E-state index in [1.807, 2.05) is 57.7 Å². The largest absolute Gasteiger partial charge is 0.490 e. The molecule has 2 unspecified atom stereocenters. The number of rotatable bonds is 4. The van der Waals surface area contributed by atoms with Crippen LogP contribution in [-0.4, -0.2) is 67.3 Å². The number of fused-ring (bicyclic) bond motifs is 3. The van der Waals surface area contributed by atoms with Gasteiger partial charge in [0.25, 0.3) is 0 Å². The third-order valence-corrected chi connectivity index (χ3v) is 9.79. The lowest BCUT2D eigenvalue weighted by molar-refractivity contribution is -0.129. The SMILES string of the molecule is C=CC(=O)N1CC2CCOc3c(F)c(-c4c(C)ccc5[nH]ncc45)c(Cl)c4c3c(nc(=O)n4-c3c(C)ccnc3C(C)C)N2CC1C. The zero-order chi connectivity index (χ0) is 33.3. The van der Waals surface area contributed by atoms with Gasteiger partial charge in [-0.1, -0.05) is 38.1 Å². The van der Waals surface area contributed by atoms with Gasteiger partial charge in [0.05, 0.1) is 51.7 Å². The van der Waals surface area contributed by atoms with Crippen molar-refractivity contribution in [2.45, 2.75) is 59.0 Å². The van der Waals surface area contributed by atoms with Crippen LogP contribution in [0.5, 0.6) is 5.75 Å². The Morgan fingerprint density at radius 1 is 1.19 bits per heavy atom. The molecule has 10 nitrogen and oxygen atoms in total. The molecule has 2 aromatic carbocycles. The number of pyridine rings is 1. The van der Waals surface area contributed by atoms with Crippen molar-refractivity contribution < 1.29 is 13.9 Å². The number of ether oxygens (including phenoxy) is 1. The average molecular weight is 656 g/mol. The number of nitrogens with one attached hydrogen (secondary N) is 1. The van der Waals surface area contributed by atoms with E-state index in [1.165, 1.54) is 10.6 Å². The van der Waals surface area contributed by atoms with E-state index in [2.05, 4.69) is 26.7 Å². The van der Waals surface area contributed by atoms with Crippen LogP contribution in [0.15, 0.2) is 48.0 Å². The number of carbonyl (C=O) groups is 1. The predicted molar refractivity (Wildman–Crippen MR) is 181 cm³/mol. The smallest absolute Gasteiger partial charge is 0.354 e. The van der Waals surface area contributed by atoms with Gasteiger partial charge in [0.15, 0.2) is 11.6 Å². The number of anilines is 1. The number of aryl methyl sites for hydroxylation is 2. The normalized spacial score (nSPS) is 17.9. The molecule has 2 aliphatic rings. The van der Waals surface area contributed by atoms with E-state index in [0.717, 1.165) is 11.1 Å². The van der Waals surface area contributed by atoms with Crippen LogP contribution >= 0.6 is 11.6 Å². The number of nitrogens with zero attached hydrogens (tertiary/aromatic N) is 6. The number of piperazine rings is 1. The van der Waals surface area contributed by atoms with Crippen LogP contribution in [0.25, 0.3) is 38.6 Å². The summed E-state index contributed by atoms with van der Waals surface area (Å²) in [5.41, 5.74) is 3.87. The van der Waals surface area contributed by atoms with Gasteiger partial charge in [-0.05, 0) is 56.0 Å². The lowest BCUT2D eigenvalue weighted by Gasteiger charge is -2.46. The van der Waals surface area contributed by atoms with Crippen molar-refractivity contribution in [3.05, 3.63) is 81.4 Å². The molecule has 5 aromatic rings. The molecule has 0 radical (unpaired) electrons. The molecule has 7 rings (SSSR count). The fourth-order valence-corrected chi connectivity index (χ4v) is 7.50. The highest BCUT2D eigenvalue weighted by molar-refractivity contribution is 6.39. The number of aromatic amines is 1. The minimum atomic E-state index is -0.647. The average Bonchev–Trinajstić information content (AvgIpc) is 3.52. The summed E-state index contributed by atoms with van der Waals surface area (Å²) in [7, 11) is 0. The zero-order valence-corrected chi connectivity index (χ0v) is 27.7. The Balaban J connectivity index is 1.64. The van der Waals surface area contributed by atoms with E-state index in [1.54, 1.807) is 17.3 Å². The van der Waals surface area contributed by atoms with Crippen molar-refractivity contribution in [3.63, 3.8) is 0 Å². The maximum Gasteiger partial charge on any atom is 0.354 e. The molecule has 47 heavy (non-hydrogen) atoms. The molecule has 2 atom stereocenters. The van der Waals surface area contributed by atoms with Crippen molar-refractivity contribution >= 4 is 45.1 Å². The molecule has 1 fully saturated rings. The second kappa shape index (κ2) is 11.5. The molecule has 0 spiro atoms. The van der Waals surface area contributed by atoms with Crippen LogP contribution in [0.2, 0.25) is 5.02 Å². The highest BCUT2D eigenvalue weighted by atomic mass is 35.5. The van der Waals surface area contributed by atoms with E-state index in [9.17, 15) is 9.59 Å². The summed E-state index contributed by atoms with van der Waals surface area (Å²) >= 11 is 7.42. The summed E-state index contributed by atoms with van der Waals surface area (Å²) in [6.07, 6.45) is 5.12. The third-order valence-electron chi connectivity index (χ3n) is 9.43. The Hall–Kier alpha value is -4.77. The molecule has 12 heteroatoms. The monoisotopic (exact) mass is 655 g/mol. The minimum Gasteiger partial charge on any atom is -0.490 e. The standard InChI is InChI=1S/C35H35ClFN7O3/c1-7-24(45)42-16-21-11-13-47-33-27-32(28(36)26(29(33)37)25-18(4)8-9-23-22(25)14-39-41-23)44(31-19(5)10-12-38-30(31)17(2)3)35(46)40-34(27)43(21)15-20(42)6/h7-10,12,14,17,20-21H,1,11,13,15-16H2,2-6H3,(H,39,41). The summed E-state index contributed by atoms with van der Waals surface area (Å²) in [6.45, 7) is 14.3. The Morgan fingerprint density at radius 2 is 1.98 bits per heavy atom. The van der Waals surface area contributed by atoms with Gasteiger partial charge in [-0.2, -0.15) is 10.1 Å². The second-order valence-corrected chi connectivity index (χ2v) is 13.1. The van der Waals surface area contributed by atoms with Gasteiger partial charge in [-0.3, -0.25) is 19.4 Å². The van der Waals surface area contributed by atoms with Crippen molar-refractivity contribution in [2.75, 3.05) is 24.6 Å². The molecule has 1 N–H and O–H groups in total. The van der Waals surface area contributed by atoms with E-state index in [4.69, 9.17) is 16.3 Å². The zero-order valence-electron chi connectivity index (χ0n) is 26.9. The van der Waals surface area contributed by atoms with Crippen LogP contribution in [0.4, 0.5) is 10.2 Å². The highest BCUT2D eigenvalue weighted by Crippen LogP contribution is 2.49. The van der Waals surface area contributed by atoms with Crippen LogP contribution in [0.3, 0.4) is 0 Å². The van der Waals surface area contributed by atoms with Crippen molar-refractivity contribution in [2.24, 2.45) is 0 Å². The molecule has 0 aliphatic carbocycles. The van der Waals surface area contributed by atoms with Crippen LogP contribution < -0.4 is 15.3 Å². The number of carbonyl (C=O) groups excluding carboxylic acids is 1. The molecule has 5 heterocycles. The first-order valence-corrected chi connectivity index (χ1v) is 16.1. The highest BCUT2D eigenvalue weighted by Gasteiger charge is 2.39. The number of H-pyrrole nitrogens is 1. The molecular formula is C35H35ClFN7O3. The fourth-order valence-electron chi connectivity index (χ4n) is 7.14. The number of aromatic nitrogens is 5. The van der Waals surface area contributed by atoms with E-state index in [-0.39, 0.29) is 58.2 Å². The first-order chi connectivity index (χ1) is 22.5. The van der Waals surface area contributed by atoms with Gasteiger partial charge in [0, 0.05) is 48.3 Å². The Bertz CT molecular complexity index is 2180. The van der Waals surface area contributed by atoms with Crippen LogP contribution in [0.1, 0.15) is 49.9 Å². The Morgan fingerprint density at radius 3 is 2.72 bits per heavy atom. The third kappa shape index (κ3) is 4.70. The summed E-state index contributed by atoms with van der Waals surface area (Å²) in [5.74, 6) is -0.630. The summed E-state index contributed by atoms with van der Waals surface area (Å²) in [5, 5.41) is 8.20. The minimum absolute atomic E-state index is 0.0288. The van der Waals surface area contributed by atoms with Gasteiger partial charge >= 0.3 is 5.69 Å².